The number of carbonyl (C=O) groups excluding carboxylic acids is 1. The first-order chi connectivity index (χ1) is 9.81. The number of alkyl halides is 3. The van der Waals surface area contributed by atoms with Crippen LogP contribution in [0.5, 0.6) is 0 Å². The minimum atomic E-state index is -4.47. The molecule has 1 amide bonds. The highest BCUT2D eigenvalue weighted by Crippen LogP contribution is 2.30. The predicted molar refractivity (Wildman–Crippen MR) is 72.9 cm³/mol. The Bertz CT molecular complexity index is 637. The number of rotatable bonds is 4. The third-order valence-corrected chi connectivity index (χ3v) is 4.21. The first kappa shape index (κ1) is 15.9. The van der Waals surface area contributed by atoms with Gasteiger partial charge in [-0.2, -0.15) is 13.2 Å². The van der Waals surface area contributed by atoms with E-state index >= 15 is 0 Å². The van der Waals surface area contributed by atoms with Crippen LogP contribution in [0, 0.1) is 0 Å². The van der Waals surface area contributed by atoms with Crippen LogP contribution in [0.3, 0.4) is 0 Å². The number of hydrogen-bond acceptors (Lipinski definition) is 6. The van der Waals surface area contributed by atoms with Gasteiger partial charge >= 0.3 is 6.18 Å². The Morgan fingerprint density at radius 1 is 1.29 bits per heavy atom. The zero-order valence-corrected chi connectivity index (χ0v) is 12.5. The van der Waals surface area contributed by atoms with Crippen LogP contribution in [0.1, 0.15) is 26.2 Å². The van der Waals surface area contributed by atoms with Crippen LogP contribution in [-0.4, -0.2) is 27.8 Å². The van der Waals surface area contributed by atoms with Crippen molar-refractivity contribution in [1.29, 1.82) is 0 Å². The Hall–Kier alpha value is -1.52. The molecule has 114 valence electrons. The molecular weight excluding hydrogens is 325 g/mol. The monoisotopic (exact) mass is 336 g/mol. The summed E-state index contributed by atoms with van der Waals surface area (Å²) in [7, 11) is 1.48. The van der Waals surface area contributed by atoms with Crippen molar-refractivity contribution >= 4 is 28.6 Å². The molecule has 0 saturated heterocycles. The van der Waals surface area contributed by atoms with Gasteiger partial charge in [-0.05, 0) is 0 Å². The summed E-state index contributed by atoms with van der Waals surface area (Å²) in [6.07, 6.45) is -4.47. The van der Waals surface area contributed by atoms with E-state index in [9.17, 15) is 18.0 Å². The number of amides is 1. The van der Waals surface area contributed by atoms with Crippen molar-refractivity contribution < 1.29 is 18.0 Å². The summed E-state index contributed by atoms with van der Waals surface area (Å²) in [5.74, 6) is -0.380. The Morgan fingerprint density at radius 2 is 1.95 bits per heavy atom. The van der Waals surface area contributed by atoms with Gasteiger partial charge in [-0.25, -0.2) is 9.97 Å². The highest BCUT2D eigenvalue weighted by molar-refractivity contribution is 7.10. The Morgan fingerprint density at radius 3 is 2.48 bits per heavy atom. The van der Waals surface area contributed by atoms with E-state index in [1.807, 2.05) is 0 Å². The molecule has 0 fully saturated rings. The molecule has 21 heavy (non-hydrogen) atoms. The molecule has 0 saturated carbocycles. The third kappa shape index (κ3) is 3.77. The zero-order valence-electron chi connectivity index (χ0n) is 10.8. The first-order valence-corrected chi connectivity index (χ1v) is 7.48. The zero-order chi connectivity index (χ0) is 15.6. The molecule has 5 nitrogen and oxygen atoms in total. The van der Waals surface area contributed by atoms with Crippen LogP contribution in [-0.2, 0) is 19.3 Å². The number of halogens is 3. The van der Waals surface area contributed by atoms with Gasteiger partial charge in [0, 0.05) is 24.4 Å². The van der Waals surface area contributed by atoms with Gasteiger partial charge in [0.2, 0.25) is 0 Å². The number of hydrogen-bond donors (Lipinski definition) is 1. The lowest BCUT2D eigenvalue weighted by Gasteiger charge is -2.13. The Kier molecular flexibility index (Phi) is 4.59. The summed E-state index contributed by atoms with van der Waals surface area (Å²) in [6.45, 7) is 0.234. The molecule has 0 aliphatic heterocycles. The van der Waals surface area contributed by atoms with Gasteiger partial charge in [0.25, 0.3) is 5.91 Å². The Balaban J connectivity index is 2.05. The number of nitrogens with zero attached hydrogens (tertiary/aromatic N) is 3. The minimum Gasteiger partial charge on any atom is -0.334 e. The van der Waals surface area contributed by atoms with Gasteiger partial charge in [0.15, 0.2) is 5.69 Å². The lowest BCUT2D eigenvalue weighted by molar-refractivity contribution is -0.140. The minimum absolute atomic E-state index is 0.00490. The fourth-order valence-corrected chi connectivity index (χ4v) is 2.99. The fourth-order valence-electron chi connectivity index (χ4n) is 1.49. The van der Waals surface area contributed by atoms with E-state index in [0.717, 1.165) is 16.7 Å². The van der Waals surface area contributed by atoms with Crippen molar-refractivity contribution in [2.24, 2.45) is 5.73 Å². The molecule has 0 atom stereocenters. The molecule has 0 aliphatic carbocycles. The SMILES string of the molecule is CN(Cc1nc(C(F)(F)F)cs1)C(=O)c1csc(CN)n1. The third-order valence-electron chi connectivity index (χ3n) is 2.51. The second kappa shape index (κ2) is 6.08. The quantitative estimate of drug-likeness (QED) is 0.930. The van der Waals surface area contributed by atoms with E-state index in [4.69, 9.17) is 5.73 Å². The molecule has 2 rings (SSSR count). The summed E-state index contributed by atoms with van der Waals surface area (Å²) in [6, 6.07) is 0. The van der Waals surface area contributed by atoms with Crippen molar-refractivity contribution in [3.63, 3.8) is 0 Å². The molecule has 0 radical (unpaired) electrons. The van der Waals surface area contributed by atoms with E-state index < -0.39 is 11.9 Å². The van der Waals surface area contributed by atoms with Crippen LogP contribution >= 0.6 is 22.7 Å². The summed E-state index contributed by atoms with van der Waals surface area (Å²) in [4.78, 5) is 20.9. The number of carbonyl (C=O) groups is 1. The Labute approximate surface area is 126 Å². The van der Waals surface area contributed by atoms with Crippen LogP contribution in [0.2, 0.25) is 0 Å². The first-order valence-electron chi connectivity index (χ1n) is 5.72. The second-order valence-electron chi connectivity index (χ2n) is 4.12. The highest BCUT2D eigenvalue weighted by Gasteiger charge is 2.33. The second-order valence-corrected chi connectivity index (χ2v) is 6.00. The molecule has 0 aromatic carbocycles. The van der Waals surface area contributed by atoms with Crippen molar-refractivity contribution in [1.82, 2.24) is 14.9 Å². The molecule has 2 N–H and O–H groups in total. The number of aromatic nitrogens is 2. The molecule has 2 heterocycles. The van der Waals surface area contributed by atoms with E-state index in [0.29, 0.717) is 5.01 Å². The molecular formula is C11H11F3N4OS2. The molecule has 2 aromatic heterocycles. The van der Waals surface area contributed by atoms with Crippen molar-refractivity contribution in [3.05, 3.63) is 32.2 Å². The topological polar surface area (TPSA) is 72.1 Å². The maximum Gasteiger partial charge on any atom is 0.434 e. The maximum atomic E-state index is 12.4. The van der Waals surface area contributed by atoms with Crippen LogP contribution in [0.15, 0.2) is 10.8 Å². The maximum absolute atomic E-state index is 12.4. The summed E-state index contributed by atoms with van der Waals surface area (Å²) >= 11 is 2.13. The summed E-state index contributed by atoms with van der Waals surface area (Å²) < 4.78 is 37.3. The van der Waals surface area contributed by atoms with E-state index in [1.165, 1.54) is 23.3 Å². The average Bonchev–Trinajstić information content (AvgIpc) is 3.05. The standard InChI is InChI=1S/C11H11F3N4OS2/c1-18(10(19)6-4-20-8(2-15)16-6)3-9-17-7(5-21-9)11(12,13)14/h4-5H,2-3,15H2,1H3. The van der Waals surface area contributed by atoms with Crippen molar-refractivity contribution in [2.45, 2.75) is 19.3 Å². The molecule has 10 heteroatoms. The van der Waals surface area contributed by atoms with Gasteiger partial charge in [0.1, 0.15) is 15.7 Å². The largest absolute Gasteiger partial charge is 0.434 e. The van der Waals surface area contributed by atoms with Crippen LogP contribution < -0.4 is 5.73 Å². The molecule has 2 aromatic rings. The van der Waals surface area contributed by atoms with Crippen LogP contribution in [0.25, 0.3) is 0 Å². The average molecular weight is 336 g/mol. The van der Waals surface area contributed by atoms with E-state index in [-0.39, 0.29) is 29.7 Å². The number of nitrogens with two attached hydrogens (primary N) is 1. The van der Waals surface area contributed by atoms with Gasteiger partial charge in [-0.15, -0.1) is 22.7 Å². The van der Waals surface area contributed by atoms with Crippen LogP contribution in [0.4, 0.5) is 13.2 Å². The van der Waals surface area contributed by atoms with Crippen molar-refractivity contribution in [3.8, 4) is 0 Å². The lowest BCUT2D eigenvalue weighted by Crippen LogP contribution is -2.26. The normalized spacial score (nSPS) is 11.7. The molecule has 0 spiro atoms. The number of thiazole rings is 2. The summed E-state index contributed by atoms with van der Waals surface area (Å²) in [5.41, 5.74) is 4.70. The highest BCUT2D eigenvalue weighted by atomic mass is 32.1. The smallest absolute Gasteiger partial charge is 0.334 e. The van der Waals surface area contributed by atoms with Gasteiger partial charge in [-0.1, -0.05) is 0 Å². The van der Waals surface area contributed by atoms with Gasteiger partial charge in [0.05, 0.1) is 6.54 Å². The van der Waals surface area contributed by atoms with E-state index in [2.05, 4.69) is 9.97 Å². The lowest BCUT2D eigenvalue weighted by atomic mass is 10.4. The fraction of sp³-hybridized carbons (Fsp3) is 0.364. The van der Waals surface area contributed by atoms with Gasteiger partial charge in [-0.3, -0.25) is 4.79 Å². The molecule has 0 bridgehead atoms. The van der Waals surface area contributed by atoms with Gasteiger partial charge < -0.3 is 10.6 Å². The van der Waals surface area contributed by atoms with Crippen molar-refractivity contribution in [2.75, 3.05) is 7.05 Å². The molecule has 0 unspecified atom stereocenters. The van der Waals surface area contributed by atoms with E-state index in [1.54, 1.807) is 5.38 Å². The molecule has 0 aliphatic rings. The summed E-state index contributed by atoms with van der Waals surface area (Å²) in [5, 5.41) is 3.35. The predicted octanol–water partition coefficient (Wildman–Crippen LogP) is 2.35.